The van der Waals surface area contributed by atoms with Gasteiger partial charge in [0.2, 0.25) is 0 Å². The van der Waals surface area contributed by atoms with Crippen molar-refractivity contribution in [2.24, 2.45) is 5.41 Å². The van der Waals surface area contributed by atoms with E-state index in [1.54, 1.807) is 0 Å². The van der Waals surface area contributed by atoms with E-state index in [4.69, 9.17) is 0 Å². The fourth-order valence-electron chi connectivity index (χ4n) is 0.914. The highest BCUT2D eigenvalue weighted by atomic mass is 79.9. The Morgan fingerprint density at radius 2 is 2.25 bits per heavy atom. The Balaban J connectivity index is 2.45. The molecular formula is C6H9BrO. The van der Waals surface area contributed by atoms with Crippen LogP contribution in [0.5, 0.6) is 0 Å². The molecule has 46 valence electrons. The third-order valence-electron chi connectivity index (χ3n) is 1.87. The van der Waals surface area contributed by atoms with Crippen molar-refractivity contribution in [1.82, 2.24) is 0 Å². The van der Waals surface area contributed by atoms with Crippen LogP contribution in [0.1, 0.15) is 19.3 Å². The van der Waals surface area contributed by atoms with Crippen molar-refractivity contribution in [2.75, 3.05) is 5.33 Å². The molecule has 8 heavy (non-hydrogen) atoms. The van der Waals surface area contributed by atoms with Gasteiger partial charge in [-0.3, -0.25) is 0 Å². The number of hydrogen-bond donors (Lipinski definition) is 0. The quantitative estimate of drug-likeness (QED) is 0.463. The summed E-state index contributed by atoms with van der Waals surface area (Å²) in [7, 11) is 0. The summed E-state index contributed by atoms with van der Waals surface area (Å²) in [5.41, 5.74) is 0.0417. The third-order valence-corrected chi connectivity index (χ3v) is 2.98. The molecule has 1 nitrogen and oxygen atoms in total. The average Bonchev–Trinajstić information content (AvgIpc) is 1.67. The second-order valence-corrected chi connectivity index (χ2v) is 3.03. The zero-order chi connectivity index (χ0) is 6.04. The maximum atomic E-state index is 10.3. The first-order chi connectivity index (χ1) is 3.83. The molecule has 2 heteroatoms. The molecule has 1 saturated carbocycles. The van der Waals surface area contributed by atoms with Crippen LogP contribution in [-0.2, 0) is 4.79 Å². The Kier molecular flexibility index (Phi) is 1.71. The highest BCUT2D eigenvalue weighted by Gasteiger charge is 2.35. The molecule has 0 radical (unpaired) electrons. The molecule has 0 unspecified atom stereocenters. The minimum atomic E-state index is 0.0417. The van der Waals surface area contributed by atoms with E-state index in [1.165, 1.54) is 6.42 Å². The van der Waals surface area contributed by atoms with E-state index in [2.05, 4.69) is 15.9 Å². The molecule has 0 bridgehead atoms. The Labute approximate surface area is 57.6 Å². The van der Waals surface area contributed by atoms with Gasteiger partial charge < -0.3 is 4.79 Å². The zero-order valence-corrected chi connectivity index (χ0v) is 6.28. The lowest BCUT2D eigenvalue weighted by molar-refractivity contribution is -0.118. The van der Waals surface area contributed by atoms with Crippen LogP contribution in [0.15, 0.2) is 0 Å². The molecule has 0 spiro atoms. The number of carbonyl (C=O) groups is 1. The molecule has 0 aromatic carbocycles. The first-order valence-electron chi connectivity index (χ1n) is 2.85. The molecule has 0 N–H and O–H groups in total. The Bertz CT molecular complexity index is 91.2. The van der Waals surface area contributed by atoms with Gasteiger partial charge in [-0.15, -0.1) is 0 Å². The normalized spacial score (nSPS) is 24.1. The molecule has 0 aromatic rings. The fraction of sp³-hybridized carbons (Fsp3) is 0.833. The van der Waals surface area contributed by atoms with Crippen molar-refractivity contribution < 1.29 is 4.79 Å². The van der Waals surface area contributed by atoms with Gasteiger partial charge >= 0.3 is 0 Å². The van der Waals surface area contributed by atoms with Crippen molar-refractivity contribution in [2.45, 2.75) is 19.3 Å². The van der Waals surface area contributed by atoms with E-state index < -0.39 is 0 Å². The summed E-state index contributed by atoms with van der Waals surface area (Å²) < 4.78 is 0. The molecule has 0 amide bonds. The van der Waals surface area contributed by atoms with Crippen LogP contribution in [0.4, 0.5) is 0 Å². The maximum Gasteiger partial charge on any atom is 0.126 e. The largest absolute Gasteiger partial charge is 0.303 e. The third kappa shape index (κ3) is 0.815. The summed E-state index contributed by atoms with van der Waals surface area (Å²) in [6, 6.07) is 0. The first kappa shape index (κ1) is 6.27. The minimum Gasteiger partial charge on any atom is -0.303 e. The minimum absolute atomic E-state index is 0.0417. The Hall–Kier alpha value is 0.150. The lowest BCUT2D eigenvalue weighted by atomic mass is 9.72. The Morgan fingerprint density at radius 3 is 2.25 bits per heavy atom. The summed E-state index contributed by atoms with van der Waals surface area (Å²) in [5.74, 6) is 0. The summed E-state index contributed by atoms with van der Waals surface area (Å²) >= 11 is 3.31. The van der Waals surface area contributed by atoms with Crippen LogP contribution in [0.3, 0.4) is 0 Å². The highest BCUT2D eigenvalue weighted by molar-refractivity contribution is 9.09. The highest BCUT2D eigenvalue weighted by Crippen LogP contribution is 2.39. The van der Waals surface area contributed by atoms with Crippen LogP contribution < -0.4 is 0 Å². The van der Waals surface area contributed by atoms with Crippen LogP contribution in [-0.4, -0.2) is 11.6 Å². The lowest BCUT2D eigenvalue weighted by Crippen LogP contribution is -2.32. The van der Waals surface area contributed by atoms with Gasteiger partial charge in [-0.05, 0) is 12.8 Å². The van der Waals surface area contributed by atoms with E-state index in [9.17, 15) is 4.79 Å². The second kappa shape index (κ2) is 2.18. The van der Waals surface area contributed by atoms with Crippen LogP contribution in [0.25, 0.3) is 0 Å². The van der Waals surface area contributed by atoms with Gasteiger partial charge in [-0.25, -0.2) is 0 Å². The van der Waals surface area contributed by atoms with Crippen molar-refractivity contribution in [3.05, 3.63) is 0 Å². The second-order valence-electron chi connectivity index (χ2n) is 2.47. The summed E-state index contributed by atoms with van der Waals surface area (Å²) in [4.78, 5) is 10.3. The Morgan fingerprint density at radius 1 is 1.62 bits per heavy atom. The van der Waals surface area contributed by atoms with Crippen LogP contribution in [0, 0.1) is 5.41 Å². The first-order valence-corrected chi connectivity index (χ1v) is 3.97. The van der Waals surface area contributed by atoms with Gasteiger partial charge in [0, 0.05) is 10.7 Å². The number of aldehydes is 1. The predicted molar refractivity (Wildman–Crippen MR) is 36.1 cm³/mol. The molecule has 1 fully saturated rings. The molecule has 1 aliphatic carbocycles. The maximum absolute atomic E-state index is 10.3. The number of hydrogen-bond acceptors (Lipinski definition) is 1. The van der Waals surface area contributed by atoms with Crippen molar-refractivity contribution >= 4 is 22.2 Å². The number of carbonyl (C=O) groups excluding carboxylic acids is 1. The topological polar surface area (TPSA) is 17.1 Å². The fourth-order valence-corrected chi connectivity index (χ4v) is 1.61. The standard InChI is InChI=1S/C6H9BrO/c7-4-6(5-8)2-1-3-6/h5H,1-4H2. The van der Waals surface area contributed by atoms with E-state index >= 15 is 0 Å². The predicted octanol–water partition coefficient (Wildman–Crippen LogP) is 1.75. The molecule has 0 atom stereocenters. The van der Waals surface area contributed by atoms with Crippen molar-refractivity contribution in [3.63, 3.8) is 0 Å². The van der Waals surface area contributed by atoms with Gasteiger partial charge in [-0.1, -0.05) is 22.4 Å². The molecule has 1 aliphatic rings. The lowest BCUT2D eigenvalue weighted by Gasteiger charge is -2.34. The van der Waals surface area contributed by atoms with Gasteiger partial charge in [0.1, 0.15) is 6.29 Å². The monoisotopic (exact) mass is 176 g/mol. The van der Waals surface area contributed by atoms with Crippen LogP contribution in [0.2, 0.25) is 0 Å². The van der Waals surface area contributed by atoms with Gasteiger partial charge in [0.05, 0.1) is 0 Å². The van der Waals surface area contributed by atoms with E-state index in [0.29, 0.717) is 0 Å². The molecule has 0 aromatic heterocycles. The van der Waals surface area contributed by atoms with Crippen LogP contribution >= 0.6 is 15.9 Å². The molecule has 0 aliphatic heterocycles. The number of halogens is 1. The van der Waals surface area contributed by atoms with Crippen molar-refractivity contribution in [1.29, 1.82) is 0 Å². The summed E-state index contributed by atoms with van der Waals surface area (Å²) in [6.07, 6.45) is 4.49. The molecule has 1 rings (SSSR count). The number of rotatable bonds is 2. The summed E-state index contributed by atoms with van der Waals surface area (Å²) in [6.45, 7) is 0. The van der Waals surface area contributed by atoms with Gasteiger partial charge in [-0.2, -0.15) is 0 Å². The van der Waals surface area contributed by atoms with E-state index in [1.807, 2.05) is 0 Å². The SMILES string of the molecule is O=CC1(CBr)CCC1. The number of alkyl halides is 1. The van der Waals surface area contributed by atoms with Gasteiger partial charge in [0.15, 0.2) is 0 Å². The van der Waals surface area contributed by atoms with E-state index in [0.717, 1.165) is 24.5 Å². The van der Waals surface area contributed by atoms with E-state index in [-0.39, 0.29) is 5.41 Å². The van der Waals surface area contributed by atoms with Crippen molar-refractivity contribution in [3.8, 4) is 0 Å². The molecule has 0 heterocycles. The smallest absolute Gasteiger partial charge is 0.126 e. The zero-order valence-electron chi connectivity index (χ0n) is 4.69. The average molecular weight is 177 g/mol. The molecule has 0 saturated heterocycles. The van der Waals surface area contributed by atoms with Gasteiger partial charge in [0.25, 0.3) is 0 Å². The summed E-state index contributed by atoms with van der Waals surface area (Å²) in [5, 5.41) is 0.851. The molecular weight excluding hydrogens is 168 g/mol.